The molecule has 5 nitrogen and oxygen atoms in total. The van der Waals surface area contributed by atoms with Crippen LogP contribution in [0.15, 0.2) is 6.07 Å². The molecule has 1 saturated heterocycles. The first kappa shape index (κ1) is 14.1. The van der Waals surface area contributed by atoms with Crippen LogP contribution in [-0.2, 0) is 11.2 Å². The molecule has 1 fully saturated rings. The molecule has 0 radical (unpaired) electrons. The van der Waals surface area contributed by atoms with Gasteiger partial charge in [0.1, 0.15) is 17.5 Å². The van der Waals surface area contributed by atoms with E-state index in [4.69, 9.17) is 4.74 Å². The number of ether oxygens (including phenoxy) is 1. The number of morpholine rings is 1. The van der Waals surface area contributed by atoms with E-state index >= 15 is 0 Å². The highest BCUT2D eigenvalue weighted by Crippen LogP contribution is 2.23. The van der Waals surface area contributed by atoms with Crippen LogP contribution in [-0.4, -0.2) is 41.8 Å². The fourth-order valence-corrected chi connectivity index (χ4v) is 2.29. The Morgan fingerprint density at radius 3 is 2.79 bits per heavy atom. The van der Waals surface area contributed by atoms with Crippen LogP contribution >= 0.6 is 0 Å². The van der Waals surface area contributed by atoms with Crippen molar-refractivity contribution in [3.8, 4) is 0 Å². The maximum Gasteiger partial charge on any atom is 0.134 e. The minimum absolute atomic E-state index is 0.117. The lowest BCUT2D eigenvalue weighted by atomic mass is 10.1. The maximum absolute atomic E-state index is 5.75. The Hall–Kier alpha value is -1.36. The topological polar surface area (TPSA) is 50.3 Å². The smallest absolute Gasteiger partial charge is 0.134 e. The van der Waals surface area contributed by atoms with Crippen molar-refractivity contribution >= 4 is 11.6 Å². The molecule has 19 heavy (non-hydrogen) atoms. The molecule has 1 aromatic heterocycles. The van der Waals surface area contributed by atoms with Crippen molar-refractivity contribution in [2.75, 3.05) is 36.5 Å². The molecule has 0 unspecified atom stereocenters. The third kappa shape index (κ3) is 3.56. The van der Waals surface area contributed by atoms with E-state index in [1.54, 1.807) is 0 Å². The van der Waals surface area contributed by atoms with Gasteiger partial charge in [-0.25, -0.2) is 9.97 Å². The van der Waals surface area contributed by atoms with E-state index in [2.05, 4.69) is 47.9 Å². The Morgan fingerprint density at radius 2 is 2.16 bits per heavy atom. The van der Waals surface area contributed by atoms with E-state index in [1.165, 1.54) is 0 Å². The molecule has 5 heteroatoms. The molecule has 1 aliphatic rings. The first-order chi connectivity index (χ1) is 9.04. The molecule has 0 amide bonds. The normalized spacial score (nSPS) is 18.4. The monoisotopic (exact) mass is 264 g/mol. The number of hydrogen-bond acceptors (Lipinski definition) is 5. The van der Waals surface area contributed by atoms with Crippen molar-refractivity contribution in [3.63, 3.8) is 0 Å². The predicted molar refractivity (Wildman–Crippen MR) is 77.8 cm³/mol. The summed E-state index contributed by atoms with van der Waals surface area (Å²) < 4.78 is 5.75. The summed E-state index contributed by atoms with van der Waals surface area (Å²) >= 11 is 0. The molecule has 0 bridgehead atoms. The van der Waals surface area contributed by atoms with Crippen molar-refractivity contribution in [3.05, 3.63) is 11.9 Å². The van der Waals surface area contributed by atoms with Gasteiger partial charge in [0.2, 0.25) is 0 Å². The van der Waals surface area contributed by atoms with Crippen LogP contribution in [0, 0.1) is 0 Å². The van der Waals surface area contributed by atoms with Crippen molar-refractivity contribution < 1.29 is 4.74 Å². The molecule has 106 valence electrons. The zero-order chi connectivity index (χ0) is 13.9. The summed E-state index contributed by atoms with van der Waals surface area (Å²) in [5.74, 6) is 2.80. The summed E-state index contributed by atoms with van der Waals surface area (Å²) in [6, 6.07) is 2.03. The lowest BCUT2D eigenvalue weighted by Gasteiger charge is -2.38. The van der Waals surface area contributed by atoms with Crippen LogP contribution in [0.4, 0.5) is 11.6 Å². The van der Waals surface area contributed by atoms with E-state index in [9.17, 15) is 0 Å². The highest BCUT2D eigenvalue weighted by Gasteiger charge is 2.28. The molecule has 1 aliphatic heterocycles. The molecule has 0 spiro atoms. The molecule has 2 rings (SSSR count). The quantitative estimate of drug-likeness (QED) is 0.902. The molecule has 1 N–H and O–H groups in total. The fourth-order valence-electron chi connectivity index (χ4n) is 2.29. The first-order valence-electron chi connectivity index (χ1n) is 7.05. The summed E-state index contributed by atoms with van der Waals surface area (Å²) in [7, 11) is 0. The standard InChI is InChI=1S/C14H24N4O/c1-5-11-16-12(15-6-2)9-13(17-11)18-7-8-19-14(3,4)10-18/h9H,5-8,10H2,1-4H3,(H,15,16,17). The molecule has 0 atom stereocenters. The van der Waals surface area contributed by atoms with E-state index in [1.807, 2.05) is 6.07 Å². The van der Waals surface area contributed by atoms with Gasteiger partial charge in [-0.3, -0.25) is 0 Å². The fraction of sp³-hybridized carbons (Fsp3) is 0.714. The van der Waals surface area contributed by atoms with E-state index in [0.717, 1.165) is 50.1 Å². The average Bonchev–Trinajstić information content (AvgIpc) is 2.37. The zero-order valence-electron chi connectivity index (χ0n) is 12.4. The Morgan fingerprint density at radius 1 is 1.37 bits per heavy atom. The number of rotatable bonds is 4. The number of nitrogens with one attached hydrogen (secondary N) is 1. The second kappa shape index (κ2) is 5.74. The minimum Gasteiger partial charge on any atom is -0.372 e. The molecule has 0 aliphatic carbocycles. The Bertz CT molecular complexity index is 433. The van der Waals surface area contributed by atoms with Gasteiger partial charge in [-0.1, -0.05) is 6.92 Å². The van der Waals surface area contributed by atoms with E-state index in [0.29, 0.717) is 0 Å². The lowest BCUT2D eigenvalue weighted by molar-refractivity contribution is -0.0279. The number of nitrogens with zero attached hydrogens (tertiary/aromatic N) is 3. The van der Waals surface area contributed by atoms with Crippen molar-refractivity contribution in [2.24, 2.45) is 0 Å². The number of anilines is 2. The first-order valence-corrected chi connectivity index (χ1v) is 7.05. The summed E-state index contributed by atoms with van der Waals surface area (Å²) in [6.45, 7) is 11.7. The van der Waals surface area contributed by atoms with Gasteiger partial charge in [-0.15, -0.1) is 0 Å². The Balaban J connectivity index is 2.25. The van der Waals surface area contributed by atoms with Crippen LogP contribution in [0.25, 0.3) is 0 Å². The van der Waals surface area contributed by atoms with Gasteiger partial charge in [0, 0.05) is 32.1 Å². The van der Waals surface area contributed by atoms with Crippen LogP contribution < -0.4 is 10.2 Å². The summed E-state index contributed by atoms with van der Waals surface area (Å²) in [4.78, 5) is 11.4. The van der Waals surface area contributed by atoms with Gasteiger partial charge < -0.3 is 15.0 Å². The SMILES string of the molecule is CCNc1cc(N2CCOC(C)(C)C2)nc(CC)n1. The van der Waals surface area contributed by atoms with Crippen molar-refractivity contribution in [1.29, 1.82) is 0 Å². The largest absolute Gasteiger partial charge is 0.372 e. The molecule has 2 heterocycles. The van der Waals surface area contributed by atoms with Gasteiger partial charge in [0.25, 0.3) is 0 Å². The Labute approximate surface area is 115 Å². The van der Waals surface area contributed by atoms with Gasteiger partial charge in [-0.05, 0) is 20.8 Å². The predicted octanol–water partition coefficient (Wildman–Crippen LogP) is 2.09. The van der Waals surface area contributed by atoms with Gasteiger partial charge >= 0.3 is 0 Å². The highest BCUT2D eigenvalue weighted by molar-refractivity contribution is 5.50. The second-order valence-electron chi connectivity index (χ2n) is 5.44. The maximum atomic E-state index is 5.75. The lowest BCUT2D eigenvalue weighted by Crippen LogP contribution is -2.48. The highest BCUT2D eigenvalue weighted by atomic mass is 16.5. The second-order valence-corrected chi connectivity index (χ2v) is 5.44. The van der Waals surface area contributed by atoms with Crippen LogP contribution in [0.3, 0.4) is 0 Å². The average molecular weight is 264 g/mol. The summed E-state index contributed by atoms with van der Waals surface area (Å²) in [6.07, 6.45) is 0.847. The number of hydrogen-bond donors (Lipinski definition) is 1. The van der Waals surface area contributed by atoms with E-state index < -0.39 is 0 Å². The van der Waals surface area contributed by atoms with Crippen LogP contribution in [0.2, 0.25) is 0 Å². The summed E-state index contributed by atoms with van der Waals surface area (Å²) in [5, 5.41) is 3.27. The molecule has 1 aromatic rings. The van der Waals surface area contributed by atoms with Crippen LogP contribution in [0.5, 0.6) is 0 Å². The summed E-state index contributed by atoms with van der Waals surface area (Å²) in [5.41, 5.74) is -0.117. The third-order valence-electron chi connectivity index (χ3n) is 3.18. The minimum atomic E-state index is -0.117. The third-order valence-corrected chi connectivity index (χ3v) is 3.18. The zero-order valence-corrected chi connectivity index (χ0v) is 12.4. The van der Waals surface area contributed by atoms with E-state index in [-0.39, 0.29) is 5.60 Å². The number of aromatic nitrogens is 2. The van der Waals surface area contributed by atoms with Crippen molar-refractivity contribution in [1.82, 2.24) is 9.97 Å². The Kier molecular flexibility index (Phi) is 4.24. The van der Waals surface area contributed by atoms with Gasteiger partial charge in [0.05, 0.1) is 12.2 Å². The van der Waals surface area contributed by atoms with Crippen molar-refractivity contribution in [2.45, 2.75) is 39.7 Å². The van der Waals surface area contributed by atoms with Gasteiger partial charge in [0.15, 0.2) is 0 Å². The number of aryl methyl sites for hydroxylation is 1. The molecular weight excluding hydrogens is 240 g/mol. The molecule has 0 aromatic carbocycles. The molecular formula is C14H24N4O. The molecule has 0 saturated carbocycles. The van der Waals surface area contributed by atoms with Gasteiger partial charge in [-0.2, -0.15) is 0 Å². The van der Waals surface area contributed by atoms with Crippen LogP contribution in [0.1, 0.15) is 33.5 Å².